The van der Waals surface area contributed by atoms with Gasteiger partial charge in [0.2, 0.25) is 5.91 Å². The molecule has 1 saturated heterocycles. The van der Waals surface area contributed by atoms with Crippen molar-refractivity contribution in [1.82, 2.24) is 4.90 Å². The third kappa shape index (κ3) is 1.55. The molecule has 0 aromatic heterocycles. The maximum atomic E-state index is 11.4. The average molecular weight is 167 g/mol. The molecule has 1 heterocycles. The van der Waals surface area contributed by atoms with E-state index in [-0.39, 0.29) is 11.8 Å². The summed E-state index contributed by atoms with van der Waals surface area (Å²) in [6.07, 6.45) is 3.05. The molecule has 0 unspecified atom stereocenters. The van der Waals surface area contributed by atoms with Crippen molar-refractivity contribution >= 4 is 11.8 Å². The quantitative estimate of drug-likeness (QED) is 0.548. The number of hydrogen-bond acceptors (Lipinski definition) is 2. The Morgan fingerprint density at radius 3 is 2.67 bits per heavy atom. The van der Waals surface area contributed by atoms with E-state index >= 15 is 0 Å². The minimum absolute atomic E-state index is 0.0406. The normalized spacial score (nSPS) is 18.7. The monoisotopic (exact) mass is 167 g/mol. The second kappa shape index (κ2) is 3.52. The van der Waals surface area contributed by atoms with E-state index in [0.717, 1.165) is 6.42 Å². The lowest BCUT2D eigenvalue weighted by Gasteiger charge is -2.12. The largest absolute Gasteiger partial charge is 0.279 e. The Kier molecular flexibility index (Phi) is 2.63. The molecule has 66 valence electrons. The molecule has 1 aliphatic heterocycles. The molecule has 0 bridgehead atoms. The van der Waals surface area contributed by atoms with Crippen LogP contribution in [0.1, 0.15) is 26.7 Å². The minimum atomic E-state index is -0.139. The van der Waals surface area contributed by atoms with Gasteiger partial charge in [0.1, 0.15) is 0 Å². The topological polar surface area (TPSA) is 37.4 Å². The van der Waals surface area contributed by atoms with Gasteiger partial charge in [-0.2, -0.15) is 0 Å². The average Bonchev–Trinajstić information content (AvgIpc) is 2.48. The van der Waals surface area contributed by atoms with E-state index in [9.17, 15) is 9.59 Å². The first kappa shape index (κ1) is 8.97. The van der Waals surface area contributed by atoms with E-state index in [2.05, 4.69) is 0 Å². The highest BCUT2D eigenvalue weighted by atomic mass is 16.2. The predicted octanol–water partition coefficient (Wildman–Crippen LogP) is 1.10. The van der Waals surface area contributed by atoms with Crippen LogP contribution in [0.25, 0.3) is 0 Å². The highest BCUT2D eigenvalue weighted by Crippen LogP contribution is 2.12. The summed E-state index contributed by atoms with van der Waals surface area (Å²) in [7, 11) is 0. The fourth-order valence-corrected chi connectivity index (χ4v) is 1.20. The zero-order valence-electron chi connectivity index (χ0n) is 7.46. The first-order valence-electron chi connectivity index (χ1n) is 4.14. The molecule has 0 spiro atoms. The third-order valence-corrected chi connectivity index (χ3v) is 2.09. The standard InChI is InChI=1S/C9H13NO2/c1-3-7(2)9(12)10-6-4-5-8(10)11/h3H,4-6H2,1-2H3/b7-3+. The molecule has 3 heteroatoms. The van der Waals surface area contributed by atoms with Crippen LogP contribution >= 0.6 is 0 Å². The molecular weight excluding hydrogens is 154 g/mol. The fourth-order valence-electron chi connectivity index (χ4n) is 1.20. The molecule has 0 saturated carbocycles. The fraction of sp³-hybridized carbons (Fsp3) is 0.556. The third-order valence-electron chi connectivity index (χ3n) is 2.09. The zero-order chi connectivity index (χ0) is 9.14. The first-order chi connectivity index (χ1) is 5.66. The molecule has 12 heavy (non-hydrogen) atoms. The molecule has 0 aliphatic carbocycles. The predicted molar refractivity (Wildman–Crippen MR) is 45.4 cm³/mol. The van der Waals surface area contributed by atoms with Crippen molar-refractivity contribution in [3.05, 3.63) is 11.6 Å². The van der Waals surface area contributed by atoms with Gasteiger partial charge in [-0.1, -0.05) is 6.08 Å². The van der Waals surface area contributed by atoms with Crippen LogP contribution in [0.5, 0.6) is 0 Å². The number of hydrogen-bond donors (Lipinski definition) is 0. The highest BCUT2D eigenvalue weighted by Gasteiger charge is 2.26. The minimum Gasteiger partial charge on any atom is -0.279 e. The first-order valence-corrected chi connectivity index (χ1v) is 4.14. The summed E-state index contributed by atoms with van der Waals surface area (Å²) in [5.74, 6) is -0.179. The van der Waals surface area contributed by atoms with Gasteiger partial charge in [-0.15, -0.1) is 0 Å². The number of likely N-dealkylation sites (tertiary alicyclic amines) is 1. The maximum absolute atomic E-state index is 11.4. The van der Waals surface area contributed by atoms with Crippen LogP contribution in [0, 0.1) is 0 Å². The van der Waals surface area contributed by atoms with E-state index < -0.39 is 0 Å². The Morgan fingerprint density at radius 1 is 1.58 bits per heavy atom. The number of amides is 2. The summed E-state index contributed by atoms with van der Waals surface area (Å²) < 4.78 is 0. The van der Waals surface area contributed by atoms with Crippen molar-refractivity contribution in [1.29, 1.82) is 0 Å². The molecule has 3 nitrogen and oxygen atoms in total. The number of imide groups is 1. The van der Waals surface area contributed by atoms with E-state index in [4.69, 9.17) is 0 Å². The molecule has 0 atom stereocenters. The lowest BCUT2D eigenvalue weighted by molar-refractivity contribution is -0.139. The van der Waals surface area contributed by atoms with Crippen molar-refractivity contribution in [2.24, 2.45) is 0 Å². The van der Waals surface area contributed by atoms with Crippen LogP contribution < -0.4 is 0 Å². The van der Waals surface area contributed by atoms with Crippen LogP contribution in [-0.2, 0) is 9.59 Å². The summed E-state index contributed by atoms with van der Waals surface area (Å²) in [5.41, 5.74) is 0.644. The Morgan fingerprint density at radius 2 is 2.25 bits per heavy atom. The molecule has 0 N–H and O–H groups in total. The van der Waals surface area contributed by atoms with E-state index in [1.165, 1.54) is 4.90 Å². The molecule has 0 radical (unpaired) electrons. The van der Waals surface area contributed by atoms with Gasteiger partial charge in [0.05, 0.1) is 0 Å². The summed E-state index contributed by atoms with van der Waals surface area (Å²) in [4.78, 5) is 23.9. The second-order valence-electron chi connectivity index (χ2n) is 2.93. The Bertz CT molecular complexity index is 243. The van der Waals surface area contributed by atoms with Crippen molar-refractivity contribution in [3.63, 3.8) is 0 Å². The van der Waals surface area contributed by atoms with Crippen LogP contribution in [0.3, 0.4) is 0 Å². The molecular formula is C9H13NO2. The van der Waals surface area contributed by atoms with Gasteiger partial charge in [-0.05, 0) is 20.3 Å². The van der Waals surface area contributed by atoms with Gasteiger partial charge in [0, 0.05) is 18.5 Å². The number of rotatable bonds is 1. The summed E-state index contributed by atoms with van der Waals surface area (Å²) >= 11 is 0. The lowest BCUT2D eigenvalue weighted by atomic mass is 10.2. The summed E-state index contributed by atoms with van der Waals surface area (Å²) in [6, 6.07) is 0. The molecule has 1 aliphatic rings. The van der Waals surface area contributed by atoms with Crippen molar-refractivity contribution in [2.45, 2.75) is 26.7 Å². The molecule has 0 aromatic rings. The summed E-state index contributed by atoms with van der Waals surface area (Å²) in [6.45, 7) is 4.12. The van der Waals surface area contributed by atoms with Crippen molar-refractivity contribution < 1.29 is 9.59 Å². The van der Waals surface area contributed by atoms with Gasteiger partial charge in [0.15, 0.2) is 0 Å². The van der Waals surface area contributed by atoms with Crippen LogP contribution in [0.15, 0.2) is 11.6 Å². The van der Waals surface area contributed by atoms with Crippen molar-refractivity contribution in [3.8, 4) is 0 Å². The number of carbonyl (C=O) groups excluding carboxylic acids is 2. The molecule has 1 rings (SSSR count). The molecule has 2 amide bonds. The Hall–Kier alpha value is -1.12. The SMILES string of the molecule is C/C=C(\C)C(=O)N1CCCC1=O. The van der Waals surface area contributed by atoms with E-state index in [0.29, 0.717) is 18.5 Å². The van der Waals surface area contributed by atoms with E-state index in [1.54, 1.807) is 19.9 Å². The van der Waals surface area contributed by atoms with Crippen molar-refractivity contribution in [2.75, 3.05) is 6.54 Å². The van der Waals surface area contributed by atoms with Gasteiger partial charge < -0.3 is 0 Å². The highest BCUT2D eigenvalue weighted by molar-refractivity contribution is 6.04. The van der Waals surface area contributed by atoms with Crippen LogP contribution in [-0.4, -0.2) is 23.3 Å². The lowest BCUT2D eigenvalue weighted by Crippen LogP contribution is -2.32. The number of carbonyl (C=O) groups is 2. The van der Waals surface area contributed by atoms with Gasteiger partial charge in [-0.25, -0.2) is 0 Å². The maximum Gasteiger partial charge on any atom is 0.255 e. The van der Waals surface area contributed by atoms with Crippen LogP contribution in [0.2, 0.25) is 0 Å². The Labute approximate surface area is 72.0 Å². The smallest absolute Gasteiger partial charge is 0.255 e. The Balaban J connectivity index is 2.70. The zero-order valence-corrected chi connectivity index (χ0v) is 7.46. The van der Waals surface area contributed by atoms with Gasteiger partial charge in [0.25, 0.3) is 5.91 Å². The van der Waals surface area contributed by atoms with E-state index in [1.807, 2.05) is 0 Å². The van der Waals surface area contributed by atoms with Gasteiger partial charge >= 0.3 is 0 Å². The van der Waals surface area contributed by atoms with Gasteiger partial charge in [-0.3, -0.25) is 14.5 Å². The molecule has 0 aromatic carbocycles. The number of nitrogens with zero attached hydrogens (tertiary/aromatic N) is 1. The number of allylic oxidation sites excluding steroid dienone is 1. The van der Waals surface area contributed by atoms with Crippen LogP contribution in [0.4, 0.5) is 0 Å². The molecule has 1 fully saturated rings. The second-order valence-corrected chi connectivity index (χ2v) is 2.93. The summed E-state index contributed by atoms with van der Waals surface area (Å²) in [5, 5.41) is 0.